The molecule has 0 saturated heterocycles. The average Bonchev–Trinajstić information content (AvgIpc) is 3.21. The van der Waals surface area contributed by atoms with E-state index in [9.17, 15) is 4.79 Å². The number of rotatable bonds is 6. The molecule has 1 amide bonds. The summed E-state index contributed by atoms with van der Waals surface area (Å²) in [5.74, 6) is 0.869. The normalized spacial score (nSPS) is 10.7. The Morgan fingerprint density at radius 1 is 1.42 bits per heavy atom. The van der Waals surface area contributed by atoms with E-state index in [2.05, 4.69) is 20.5 Å². The van der Waals surface area contributed by atoms with Gasteiger partial charge in [0.1, 0.15) is 0 Å². The number of thioether (sulfide) groups is 1. The Morgan fingerprint density at radius 3 is 3.00 bits per heavy atom. The zero-order chi connectivity index (χ0) is 16.9. The van der Waals surface area contributed by atoms with Gasteiger partial charge in [-0.15, -0.1) is 21.5 Å². The quantitative estimate of drug-likeness (QED) is 0.518. The summed E-state index contributed by atoms with van der Waals surface area (Å²) >= 11 is 2.73. The molecule has 3 N–H and O–H groups in total. The third kappa shape index (κ3) is 3.74. The summed E-state index contributed by atoms with van der Waals surface area (Å²) in [6.07, 6.45) is 1.65. The van der Waals surface area contributed by atoms with Crippen LogP contribution in [0, 0.1) is 0 Å². The highest BCUT2D eigenvalue weighted by Gasteiger charge is 2.15. The Morgan fingerprint density at radius 2 is 2.29 bits per heavy atom. The number of nitrogen functional groups attached to an aromatic ring is 1. The molecule has 0 bridgehead atoms. The highest BCUT2D eigenvalue weighted by Crippen LogP contribution is 2.25. The molecule has 0 fully saturated rings. The molecule has 3 rings (SSSR count). The van der Waals surface area contributed by atoms with Crippen LogP contribution in [0.15, 0.2) is 41.0 Å². The van der Waals surface area contributed by atoms with Crippen molar-refractivity contribution >= 4 is 39.8 Å². The summed E-state index contributed by atoms with van der Waals surface area (Å²) in [5, 5.41) is 14.3. The van der Waals surface area contributed by atoms with Crippen LogP contribution in [0.25, 0.3) is 11.4 Å². The van der Waals surface area contributed by atoms with Gasteiger partial charge in [-0.05, 0) is 19.1 Å². The Bertz CT molecular complexity index is 830. The number of nitrogens with two attached hydrogens (primary N) is 1. The van der Waals surface area contributed by atoms with Gasteiger partial charge in [0.05, 0.1) is 5.75 Å². The molecule has 2 aromatic heterocycles. The number of thiazole rings is 1. The summed E-state index contributed by atoms with van der Waals surface area (Å²) in [6.45, 7) is 2.71. The minimum Gasteiger partial charge on any atom is -0.399 e. The number of amides is 1. The first-order valence-corrected chi connectivity index (χ1v) is 9.15. The summed E-state index contributed by atoms with van der Waals surface area (Å²) in [4.78, 5) is 16.0. The predicted octanol–water partition coefficient (Wildman–Crippen LogP) is 2.73. The molecule has 0 aliphatic carbocycles. The van der Waals surface area contributed by atoms with Gasteiger partial charge in [0.15, 0.2) is 16.1 Å². The van der Waals surface area contributed by atoms with E-state index >= 15 is 0 Å². The summed E-state index contributed by atoms with van der Waals surface area (Å²) in [5.41, 5.74) is 7.42. The smallest absolute Gasteiger partial charge is 0.236 e. The Hall–Kier alpha value is -2.39. The standard InChI is InChI=1S/C15H16N6OS2/c1-2-21-13(10-4-3-5-11(16)8-10)19-20-15(21)24-9-12(22)18-14-17-6-7-23-14/h3-8H,2,9,16H2,1H3,(H,17,18,22). The lowest BCUT2D eigenvalue weighted by atomic mass is 10.2. The van der Waals surface area contributed by atoms with Crippen molar-refractivity contribution in [2.24, 2.45) is 0 Å². The van der Waals surface area contributed by atoms with Crippen molar-refractivity contribution in [1.29, 1.82) is 0 Å². The van der Waals surface area contributed by atoms with Crippen molar-refractivity contribution in [2.75, 3.05) is 16.8 Å². The number of carbonyl (C=O) groups is 1. The van der Waals surface area contributed by atoms with Crippen molar-refractivity contribution in [3.8, 4) is 11.4 Å². The SMILES string of the molecule is CCn1c(SCC(=O)Nc2nccs2)nnc1-c1cccc(N)c1. The van der Waals surface area contributed by atoms with Gasteiger partial charge in [-0.3, -0.25) is 4.79 Å². The Labute approximate surface area is 147 Å². The molecule has 0 aliphatic heterocycles. The van der Waals surface area contributed by atoms with Crippen LogP contribution in [0.1, 0.15) is 6.92 Å². The van der Waals surface area contributed by atoms with Crippen LogP contribution in [-0.4, -0.2) is 31.4 Å². The van der Waals surface area contributed by atoms with E-state index in [0.717, 1.165) is 11.4 Å². The van der Waals surface area contributed by atoms with Gasteiger partial charge in [0.2, 0.25) is 5.91 Å². The van der Waals surface area contributed by atoms with Crippen molar-refractivity contribution < 1.29 is 4.79 Å². The minimum absolute atomic E-state index is 0.119. The topological polar surface area (TPSA) is 98.7 Å². The molecule has 0 saturated carbocycles. The van der Waals surface area contributed by atoms with Crippen LogP contribution in [0.4, 0.5) is 10.8 Å². The molecule has 9 heteroatoms. The second kappa shape index (κ2) is 7.45. The highest BCUT2D eigenvalue weighted by molar-refractivity contribution is 7.99. The maximum Gasteiger partial charge on any atom is 0.236 e. The lowest BCUT2D eigenvalue weighted by Crippen LogP contribution is -2.14. The fourth-order valence-corrected chi connectivity index (χ4v) is 3.49. The maximum absolute atomic E-state index is 12.0. The van der Waals surface area contributed by atoms with Gasteiger partial charge in [-0.25, -0.2) is 4.98 Å². The van der Waals surface area contributed by atoms with Crippen molar-refractivity contribution in [1.82, 2.24) is 19.7 Å². The monoisotopic (exact) mass is 360 g/mol. The van der Waals surface area contributed by atoms with Crippen LogP contribution >= 0.6 is 23.1 Å². The molecule has 3 aromatic rings. The summed E-state index contributed by atoms with van der Waals surface area (Å²) in [6, 6.07) is 7.51. The minimum atomic E-state index is -0.119. The number of carbonyl (C=O) groups excluding carboxylic acids is 1. The zero-order valence-corrected chi connectivity index (χ0v) is 14.6. The lowest BCUT2D eigenvalue weighted by molar-refractivity contribution is -0.113. The largest absolute Gasteiger partial charge is 0.399 e. The molecule has 0 atom stereocenters. The van der Waals surface area contributed by atoms with Crippen LogP contribution in [0.3, 0.4) is 0 Å². The zero-order valence-electron chi connectivity index (χ0n) is 13.0. The first-order valence-electron chi connectivity index (χ1n) is 7.28. The molecular weight excluding hydrogens is 344 g/mol. The van der Waals surface area contributed by atoms with Gasteiger partial charge in [-0.2, -0.15) is 0 Å². The molecule has 0 radical (unpaired) electrons. The molecular formula is C15H16N6OS2. The molecule has 24 heavy (non-hydrogen) atoms. The van der Waals surface area contributed by atoms with E-state index in [0.29, 0.717) is 22.5 Å². The van der Waals surface area contributed by atoms with E-state index in [4.69, 9.17) is 5.73 Å². The second-order valence-corrected chi connectivity index (χ2v) is 6.69. The van der Waals surface area contributed by atoms with Crippen molar-refractivity contribution in [3.63, 3.8) is 0 Å². The van der Waals surface area contributed by atoms with Crippen LogP contribution in [0.2, 0.25) is 0 Å². The molecule has 0 spiro atoms. The fourth-order valence-electron chi connectivity index (χ4n) is 2.14. The Balaban J connectivity index is 1.71. The molecule has 1 aromatic carbocycles. The number of nitrogens with one attached hydrogen (secondary N) is 1. The third-order valence-corrected chi connectivity index (χ3v) is 4.84. The van der Waals surface area contributed by atoms with Gasteiger partial charge in [-0.1, -0.05) is 23.9 Å². The van der Waals surface area contributed by atoms with E-state index in [1.54, 1.807) is 6.20 Å². The average molecular weight is 360 g/mol. The predicted molar refractivity (Wildman–Crippen MR) is 97.0 cm³/mol. The van der Waals surface area contributed by atoms with Crippen molar-refractivity contribution in [3.05, 3.63) is 35.8 Å². The second-order valence-electron chi connectivity index (χ2n) is 4.85. The third-order valence-electron chi connectivity index (χ3n) is 3.19. The van der Waals surface area contributed by atoms with Gasteiger partial charge >= 0.3 is 0 Å². The first-order chi connectivity index (χ1) is 11.7. The molecule has 124 valence electrons. The molecule has 7 nitrogen and oxygen atoms in total. The fraction of sp³-hybridized carbons (Fsp3) is 0.200. The number of benzene rings is 1. The van der Waals surface area contributed by atoms with E-state index < -0.39 is 0 Å². The van der Waals surface area contributed by atoms with E-state index in [1.807, 2.05) is 41.1 Å². The van der Waals surface area contributed by atoms with Crippen molar-refractivity contribution in [2.45, 2.75) is 18.6 Å². The summed E-state index contributed by atoms with van der Waals surface area (Å²) in [7, 11) is 0. The van der Waals surface area contributed by atoms with E-state index in [1.165, 1.54) is 23.1 Å². The summed E-state index contributed by atoms with van der Waals surface area (Å²) < 4.78 is 1.97. The maximum atomic E-state index is 12.0. The van der Waals surface area contributed by atoms with Gasteiger partial charge in [0, 0.05) is 29.4 Å². The number of aromatic nitrogens is 4. The van der Waals surface area contributed by atoms with Crippen LogP contribution in [0.5, 0.6) is 0 Å². The molecule has 0 aliphatic rings. The first kappa shape index (κ1) is 16.5. The number of anilines is 2. The molecule has 0 unspecified atom stereocenters. The number of nitrogens with zero attached hydrogens (tertiary/aromatic N) is 4. The number of hydrogen-bond acceptors (Lipinski definition) is 7. The van der Waals surface area contributed by atoms with Gasteiger partial charge < -0.3 is 15.6 Å². The van der Waals surface area contributed by atoms with Crippen LogP contribution < -0.4 is 11.1 Å². The van der Waals surface area contributed by atoms with E-state index in [-0.39, 0.29) is 11.7 Å². The Kier molecular flexibility index (Phi) is 5.11. The lowest BCUT2D eigenvalue weighted by Gasteiger charge is -2.07. The molecule has 2 heterocycles. The number of hydrogen-bond donors (Lipinski definition) is 2. The van der Waals surface area contributed by atoms with Gasteiger partial charge in [0.25, 0.3) is 0 Å². The van der Waals surface area contributed by atoms with Crippen LogP contribution in [-0.2, 0) is 11.3 Å². The highest BCUT2D eigenvalue weighted by atomic mass is 32.2.